The van der Waals surface area contributed by atoms with Crippen molar-refractivity contribution in [3.8, 4) is 0 Å². The molecule has 1 aliphatic carbocycles. The molecule has 0 bridgehead atoms. The second-order valence-corrected chi connectivity index (χ2v) is 8.38. The number of hydrogen-bond acceptors (Lipinski definition) is 4. The molecular weight excluding hydrogens is 322 g/mol. The highest BCUT2D eigenvalue weighted by atomic mass is 32.2. The molecule has 1 unspecified atom stereocenters. The Balaban J connectivity index is 1.58. The van der Waals surface area contributed by atoms with E-state index in [1.807, 2.05) is 12.1 Å². The Bertz CT molecular complexity index is 785. The van der Waals surface area contributed by atoms with E-state index in [0.29, 0.717) is 6.04 Å². The highest BCUT2D eigenvalue weighted by Crippen LogP contribution is 2.21. The number of benzene rings is 2. The lowest BCUT2D eigenvalue weighted by atomic mass is 9.88. The zero-order valence-corrected chi connectivity index (χ0v) is 14.4. The molecule has 0 spiro atoms. The first kappa shape index (κ1) is 17.1. The van der Waals surface area contributed by atoms with Crippen molar-refractivity contribution in [1.82, 2.24) is 5.32 Å². The largest absolute Gasteiger partial charge is 0.395 e. The Hall–Kier alpha value is -1.69. The van der Waals surface area contributed by atoms with Gasteiger partial charge < -0.3 is 10.4 Å². The van der Waals surface area contributed by atoms with Gasteiger partial charge in [-0.1, -0.05) is 36.4 Å². The lowest BCUT2D eigenvalue weighted by Crippen LogP contribution is -2.34. The minimum absolute atomic E-state index is 0.230. The Morgan fingerprint density at radius 1 is 1.04 bits per heavy atom. The summed E-state index contributed by atoms with van der Waals surface area (Å²) in [6.07, 6.45) is 3.27. The highest BCUT2D eigenvalue weighted by molar-refractivity contribution is 7.91. The summed E-state index contributed by atoms with van der Waals surface area (Å²) in [5.41, 5.74) is 3.94. The summed E-state index contributed by atoms with van der Waals surface area (Å²) in [7, 11) is -3.37. The van der Waals surface area contributed by atoms with Crippen molar-refractivity contribution in [2.75, 3.05) is 12.4 Å². The van der Waals surface area contributed by atoms with Gasteiger partial charge in [0.05, 0.1) is 17.3 Å². The quantitative estimate of drug-likeness (QED) is 0.841. The van der Waals surface area contributed by atoms with Crippen LogP contribution in [-0.4, -0.2) is 31.9 Å². The monoisotopic (exact) mass is 345 g/mol. The maximum absolute atomic E-state index is 11.9. The summed E-state index contributed by atoms with van der Waals surface area (Å²) in [5, 5.41) is 12.4. The van der Waals surface area contributed by atoms with Gasteiger partial charge in [-0.15, -0.1) is 0 Å². The molecule has 0 fully saturated rings. The first-order valence-electron chi connectivity index (χ1n) is 8.31. The van der Waals surface area contributed by atoms with Crippen LogP contribution in [0.3, 0.4) is 0 Å². The van der Waals surface area contributed by atoms with E-state index < -0.39 is 9.84 Å². The van der Waals surface area contributed by atoms with Crippen molar-refractivity contribution in [3.05, 3.63) is 65.2 Å². The first-order valence-corrected chi connectivity index (χ1v) is 9.96. The number of rotatable bonds is 6. The molecule has 0 amide bonds. The van der Waals surface area contributed by atoms with Gasteiger partial charge in [0.15, 0.2) is 9.84 Å². The summed E-state index contributed by atoms with van der Waals surface area (Å²) < 4.78 is 23.8. The van der Waals surface area contributed by atoms with Crippen LogP contribution in [0.1, 0.15) is 23.1 Å². The fourth-order valence-electron chi connectivity index (χ4n) is 3.19. The summed E-state index contributed by atoms with van der Waals surface area (Å²) in [5.74, 6) is -0.230. The van der Waals surface area contributed by atoms with Crippen LogP contribution in [0.15, 0.2) is 53.4 Å². The van der Waals surface area contributed by atoms with E-state index in [0.717, 1.165) is 31.4 Å². The summed E-state index contributed by atoms with van der Waals surface area (Å²) >= 11 is 0. The first-order chi connectivity index (χ1) is 11.6. The van der Waals surface area contributed by atoms with Gasteiger partial charge in [0, 0.05) is 12.6 Å². The number of hydrogen-bond donors (Lipinski definition) is 2. The number of nitrogens with one attached hydrogen (secondary N) is 1. The molecule has 2 N–H and O–H groups in total. The normalized spacial score (nSPS) is 17.5. The van der Waals surface area contributed by atoms with Crippen LogP contribution in [0.5, 0.6) is 0 Å². The SMILES string of the molecule is O=S(=O)(CCO)c1ccc(CNC2CCc3ccccc3C2)cc1. The van der Waals surface area contributed by atoms with E-state index in [2.05, 4.69) is 29.6 Å². The van der Waals surface area contributed by atoms with Crippen LogP contribution < -0.4 is 5.32 Å². The van der Waals surface area contributed by atoms with E-state index in [4.69, 9.17) is 5.11 Å². The molecule has 1 atom stereocenters. The summed E-state index contributed by atoms with van der Waals surface area (Å²) in [6, 6.07) is 16.0. The van der Waals surface area contributed by atoms with Gasteiger partial charge in [-0.05, 0) is 48.1 Å². The van der Waals surface area contributed by atoms with Gasteiger partial charge in [-0.2, -0.15) is 0 Å². The van der Waals surface area contributed by atoms with E-state index >= 15 is 0 Å². The van der Waals surface area contributed by atoms with Gasteiger partial charge in [0.2, 0.25) is 0 Å². The van der Waals surface area contributed by atoms with E-state index in [1.54, 1.807) is 12.1 Å². The maximum atomic E-state index is 11.9. The Labute approximate surface area is 143 Å². The molecule has 3 rings (SSSR count). The van der Waals surface area contributed by atoms with E-state index in [1.165, 1.54) is 11.1 Å². The van der Waals surface area contributed by atoms with Gasteiger partial charge in [0.1, 0.15) is 0 Å². The molecule has 2 aromatic carbocycles. The minimum Gasteiger partial charge on any atom is -0.395 e. The third kappa shape index (κ3) is 4.04. The zero-order valence-electron chi connectivity index (χ0n) is 13.6. The molecule has 0 aliphatic heterocycles. The number of aliphatic hydroxyl groups is 1. The van der Waals surface area contributed by atoms with Crippen molar-refractivity contribution in [2.24, 2.45) is 0 Å². The van der Waals surface area contributed by atoms with Crippen molar-refractivity contribution >= 4 is 9.84 Å². The van der Waals surface area contributed by atoms with Crippen LogP contribution in [0.4, 0.5) is 0 Å². The van der Waals surface area contributed by atoms with Crippen molar-refractivity contribution in [2.45, 2.75) is 36.7 Å². The van der Waals surface area contributed by atoms with Crippen LogP contribution in [0.25, 0.3) is 0 Å². The summed E-state index contributed by atoms with van der Waals surface area (Å²) in [6.45, 7) is 0.377. The van der Waals surface area contributed by atoms with Crippen molar-refractivity contribution in [1.29, 1.82) is 0 Å². The topological polar surface area (TPSA) is 66.4 Å². The van der Waals surface area contributed by atoms with Crippen molar-refractivity contribution < 1.29 is 13.5 Å². The zero-order chi connectivity index (χ0) is 17.0. The van der Waals surface area contributed by atoms with Gasteiger partial charge in [-0.25, -0.2) is 8.42 Å². The van der Waals surface area contributed by atoms with Gasteiger partial charge in [-0.3, -0.25) is 0 Å². The standard InChI is InChI=1S/C19H23NO3S/c21-11-12-24(22,23)19-9-5-15(6-10-19)14-20-18-8-7-16-3-1-2-4-17(16)13-18/h1-6,9-10,18,20-21H,7-8,11-14H2. The fraction of sp³-hybridized carbons (Fsp3) is 0.368. The predicted octanol–water partition coefficient (Wildman–Crippen LogP) is 2.10. The molecule has 1 aliphatic rings. The van der Waals surface area contributed by atoms with Crippen LogP contribution in [0.2, 0.25) is 0 Å². The average Bonchev–Trinajstić information content (AvgIpc) is 2.60. The Morgan fingerprint density at radius 3 is 2.46 bits per heavy atom. The maximum Gasteiger partial charge on any atom is 0.180 e. The third-order valence-electron chi connectivity index (χ3n) is 4.58. The second kappa shape index (κ2) is 7.47. The number of aryl methyl sites for hydroxylation is 1. The highest BCUT2D eigenvalue weighted by Gasteiger charge is 2.18. The van der Waals surface area contributed by atoms with Gasteiger partial charge in [0.25, 0.3) is 0 Å². The molecule has 0 heterocycles. The van der Waals surface area contributed by atoms with Crippen LogP contribution in [-0.2, 0) is 29.2 Å². The minimum atomic E-state index is -3.37. The molecule has 0 aromatic heterocycles. The lowest BCUT2D eigenvalue weighted by Gasteiger charge is -2.25. The molecule has 2 aromatic rings. The molecule has 4 nitrogen and oxygen atoms in total. The number of sulfone groups is 1. The number of aliphatic hydroxyl groups excluding tert-OH is 1. The summed E-state index contributed by atoms with van der Waals surface area (Å²) in [4.78, 5) is 0.270. The predicted molar refractivity (Wildman–Crippen MR) is 94.7 cm³/mol. The van der Waals surface area contributed by atoms with Crippen molar-refractivity contribution in [3.63, 3.8) is 0 Å². The lowest BCUT2D eigenvalue weighted by molar-refractivity contribution is 0.319. The second-order valence-electron chi connectivity index (χ2n) is 6.28. The molecule has 24 heavy (non-hydrogen) atoms. The molecule has 128 valence electrons. The molecule has 5 heteroatoms. The molecule has 0 saturated heterocycles. The number of fused-ring (bicyclic) bond motifs is 1. The molecule has 0 saturated carbocycles. The molecular formula is C19H23NO3S. The fourth-order valence-corrected chi connectivity index (χ4v) is 4.21. The third-order valence-corrected chi connectivity index (χ3v) is 6.29. The van der Waals surface area contributed by atoms with Crippen LogP contribution in [0, 0.1) is 0 Å². The molecule has 0 radical (unpaired) electrons. The average molecular weight is 345 g/mol. The van der Waals surface area contributed by atoms with E-state index in [-0.39, 0.29) is 17.3 Å². The smallest absolute Gasteiger partial charge is 0.180 e. The Morgan fingerprint density at radius 2 is 1.75 bits per heavy atom. The Kier molecular flexibility index (Phi) is 5.33. The van der Waals surface area contributed by atoms with Gasteiger partial charge >= 0.3 is 0 Å². The van der Waals surface area contributed by atoms with E-state index in [9.17, 15) is 8.42 Å². The van der Waals surface area contributed by atoms with Crippen LogP contribution >= 0.6 is 0 Å².